The monoisotopic (exact) mass is 352 g/mol. The van der Waals surface area contributed by atoms with Crippen LogP contribution in [0.2, 0.25) is 0 Å². The summed E-state index contributed by atoms with van der Waals surface area (Å²) in [4.78, 5) is 12.0. The minimum absolute atomic E-state index is 0.0537. The number of hydrogen-bond acceptors (Lipinski definition) is 5. The average molecular weight is 352 g/mol. The largest absolute Gasteiger partial charge is 0.512 e. The molecule has 0 spiro atoms. The van der Waals surface area contributed by atoms with Gasteiger partial charge in [-0.1, -0.05) is 60.7 Å². The van der Waals surface area contributed by atoms with Gasteiger partial charge < -0.3 is 9.84 Å². The SMILES string of the molecule is CCOC(=O)C(C=NN(Cc1ccccc1)Cc1ccccc1)=C(C)O. The summed E-state index contributed by atoms with van der Waals surface area (Å²) >= 11 is 0. The smallest absolute Gasteiger partial charge is 0.343 e. The zero-order chi connectivity index (χ0) is 18.8. The molecule has 2 aromatic rings. The number of benzene rings is 2. The average Bonchev–Trinajstić information content (AvgIpc) is 2.63. The van der Waals surface area contributed by atoms with Gasteiger partial charge in [-0.3, -0.25) is 5.01 Å². The second-order valence-corrected chi connectivity index (χ2v) is 5.76. The summed E-state index contributed by atoms with van der Waals surface area (Å²) in [6, 6.07) is 19.9. The maximum atomic E-state index is 12.0. The van der Waals surface area contributed by atoms with Gasteiger partial charge in [-0.15, -0.1) is 0 Å². The molecular weight excluding hydrogens is 328 g/mol. The molecule has 1 N–H and O–H groups in total. The van der Waals surface area contributed by atoms with E-state index in [1.54, 1.807) is 6.92 Å². The van der Waals surface area contributed by atoms with E-state index in [2.05, 4.69) is 5.10 Å². The summed E-state index contributed by atoms with van der Waals surface area (Å²) < 4.78 is 4.97. The van der Waals surface area contributed by atoms with Gasteiger partial charge in [0.15, 0.2) is 0 Å². The lowest BCUT2D eigenvalue weighted by atomic mass is 10.2. The van der Waals surface area contributed by atoms with Gasteiger partial charge in [0.05, 0.1) is 25.9 Å². The van der Waals surface area contributed by atoms with Crippen molar-refractivity contribution in [2.75, 3.05) is 6.61 Å². The van der Waals surface area contributed by atoms with Crippen molar-refractivity contribution in [3.8, 4) is 0 Å². The first kappa shape index (κ1) is 19.2. The maximum absolute atomic E-state index is 12.0. The van der Waals surface area contributed by atoms with E-state index >= 15 is 0 Å². The normalized spacial score (nSPS) is 11.9. The Morgan fingerprint density at radius 1 is 1.04 bits per heavy atom. The van der Waals surface area contributed by atoms with Crippen molar-refractivity contribution in [1.82, 2.24) is 5.01 Å². The Hall–Kier alpha value is -3.08. The van der Waals surface area contributed by atoms with Gasteiger partial charge in [0.2, 0.25) is 0 Å². The molecule has 26 heavy (non-hydrogen) atoms. The van der Waals surface area contributed by atoms with E-state index in [-0.39, 0.29) is 17.9 Å². The fourth-order valence-corrected chi connectivity index (χ4v) is 2.37. The number of rotatable bonds is 8. The quantitative estimate of drug-likeness (QED) is 0.256. The van der Waals surface area contributed by atoms with E-state index in [4.69, 9.17) is 4.74 Å². The Morgan fingerprint density at radius 3 is 1.96 bits per heavy atom. The zero-order valence-corrected chi connectivity index (χ0v) is 15.1. The summed E-state index contributed by atoms with van der Waals surface area (Å²) in [6.07, 6.45) is 1.36. The van der Waals surface area contributed by atoms with Crippen LogP contribution in [0, 0.1) is 0 Å². The van der Waals surface area contributed by atoms with Gasteiger partial charge in [-0.2, -0.15) is 5.10 Å². The lowest BCUT2D eigenvalue weighted by Gasteiger charge is -2.19. The van der Waals surface area contributed by atoms with E-state index in [1.165, 1.54) is 13.1 Å². The number of esters is 1. The lowest BCUT2D eigenvalue weighted by molar-refractivity contribution is -0.138. The molecule has 0 aliphatic rings. The van der Waals surface area contributed by atoms with E-state index in [9.17, 15) is 9.90 Å². The van der Waals surface area contributed by atoms with Gasteiger partial charge in [-0.25, -0.2) is 4.79 Å². The van der Waals surface area contributed by atoms with Gasteiger partial charge in [0, 0.05) is 0 Å². The highest BCUT2D eigenvalue weighted by Gasteiger charge is 2.13. The lowest BCUT2D eigenvalue weighted by Crippen LogP contribution is -2.18. The molecule has 0 atom stereocenters. The fourth-order valence-electron chi connectivity index (χ4n) is 2.37. The first-order valence-corrected chi connectivity index (χ1v) is 8.54. The van der Waals surface area contributed by atoms with Crippen molar-refractivity contribution in [3.63, 3.8) is 0 Å². The molecule has 0 bridgehead atoms. The highest BCUT2D eigenvalue weighted by atomic mass is 16.5. The molecule has 0 amide bonds. The minimum Gasteiger partial charge on any atom is -0.512 e. The van der Waals surface area contributed by atoms with Crippen LogP contribution < -0.4 is 0 Å². The minimum atomic E-state index is -0.587. The third-order valence-corrected chi connectivity index (χ3v) is 3.65. The molecule has 0 unspecified atom stereocenters. The molecule has 0 aliphatic heterocycles. The van der Waals surface area contributed by atoms with Gasteiger partial charge in [0.25, 0.3) is 0 Å². The molecule has 2 rings (SSSR count). The Labute approximate surface area is 154 Å². The number of nitrogens with zero attached hydrogens (tertiary/aromatic N) is 2. The third kappa shape index (κ3) is 6.09. The summed E-state index contributed by atoms with van der Waals surface area (Å²) in [5, 5.41) is 16.0. The molecule has 0 heterocycles. The standard InChI is InChI=1S/C21H24N2O3/c1-3-26-21(25)20(17(2)24)14-22-23(15-18-10-6-4-7-11-18)16-19-12-8-5-9-13-19/h4-14,24H,3,15-16H2,1-2H3. The highest BCUT2D eigenvalue weighted by molar-refractivity contribution is 6.09. The fraction of sp³-hybridized carbons (Fsp3) is 0.238. The molecule has 5 heteroatoms. The summed E-state index contributed by atoms with van der Waals surface area (Å²) in [5.41, 5.74) is 2.25. The first-order valence-electron chi connectivity index (χ1n) is 8.54. The maximum Gasteiger partial charge on any atom is 0.343 e. The number of allylic oxidation sites excluding steroid dienone is 1. The van der Waals surface area contributed by atoms with Crippen LogP contribution in [0.25, 0.3) is 0 Å². The van der Waals surface area contributed by atoms with Gasteiger partial charge in [0.1, 0.15) is 11.3 Å². The van der Waals surface area contributed by atoms with Crippen LogP contribution in [0.5, 0.6) is 0 Å². The molecule has 0 radical (unpaired) electrons. The van der Waals surface area contributed by atoms with Crippen molar-refractivity contribution in [2.45, 2.75) is 26.9 Å². The van der Waals surface area contributed by atoms with Crippen LogP contribution >= 0.6 is 0 Å². The van der Waals surface area contributed by atoms with E-state index in [0.717, 1.165) is 11.1 Å². The van der Waals surface area contributed by atoms with Crippen LogP contribution in [0.4, 0.5) is 0 Å². The Balaban J connectivity index is 2.21. The molecule has 2 aromatic carbocycles. The molecule has 0 aromatic heterocycles. The van der Waals surface area contributed by atoms with E-state index < -0.39 is 5.97 Å². The number of carbonyl (C=O) groups excluding carboxylic acids is 1. The number of ether oxygens (including phenoxy) is 1. The number of aliphatic hydroxyl groups is 1. The Kier molecular flexibility index (Phi) is 7.43. The van der Waals surface area contributed by atoms with Crippen molar-refractivity contribution < 1.29 is 14.6 Å². The highest BCUT2D eigenvalue weighted by Crippen LogP contribution is 2.11. The molecule has 0 saturated heterocycles. The van der Waals surface area contributed by atoms with Crippen molar-refractivity contribution >= 4 is 12.2 Å². The van der Waals surface area contributed by atoms with E-state index in [1.807, 2.05) is 65.7 Å². The number of hydrogen-bond donors (Lipinski definition) is 1. The second-order valence-electron chi connectivity index (χ2n) is 5.76. The Morgan fingerprint density at radius 2 is 1.54 bits per heavy atom. The Bertz CT molecular complexity index is 710. The zero-order valence-electron chi connectivity index (χ0n) is 15.1. The van der Waals surface area contributed by atoms with Crippen LogP contribution in [0.15, 0.2) is 77.1 Å². The summed E-state index contributed by atoms with van der Waals surface area (Å²) in [7, 11) is 0. The van der Waals surface area contributed by atoms with Crippen LogP contribution in [0.3, 0.4) is 0 Å². The second kappa shape index (κ2) is 10.0. The van der Waals surface area contributed by atoms with Crippen LogP contribution in [0.1, 0.15) is 25.0 Å². The third-order valence-electron chi connectivity index (χ3n) is 3.65. The van der Waals surface area contributed by atoms with Gasteiger partial charge in [-0.05, 0) is 25.0 Å². The van der Waals surface area contributed by atoms with E-state index in [0.29, 0.717) is 13.1 Å². The predicted octanol–water partition coefficient (Wildman–Crippen LogP) is 4.07. The first-order chi connectivity index (χ1) is 12.6. The summed E-state index contributed by atoms with van der Waals surface area (Å²) in [5.74, 6) is -0.706. The van der Waals surface area contributed by atoms with Crippen molar-refractivity contribution in [3.05, 3.63) is 83.1 Å². The molecule has 0 saturated carbocycles. The van der Waals surface area contributed by atoms with Gasteiger partial charge >= 0.3 is 5.97 Å². The number of aliphatic hydroxyl groups excluding tert-OH is 1. The number of hydrazone groups is 1. The molecule has 136 valence electrons. The summed E-state index contributed by atoms with van der Waals surface area (Å²) in [6.45, 7) is 4.55. The molecule has 0 aliphatic carbocycles. The van der Waals surface area contributed by atoms with Crippen LogP contribution in [-0.4, -0.2) is 28.9 Å². The van der Waals surface area contributed by atoms with Crippen LogP contribution in [-0.2, 0) is 22.6 Å². The molecule has 0 fully saturated rings. The molecule has 5 nitrogen and oxygen atoms in total. The predicted molar refractivity (Wildman–Crippen MR) is 103 cm³/mol. The van der Waals surface area contributed by atoms with Crippen molar-refractivity contribution in [1.29, 1.82) is 0 Å². The number of carbonyl (C=O) groups is 1. The topological polar surface area (TPSA) is 62.1 Å². The molecular formula is C21H24N2O3. The van der Waals surface area contributed by atoms with Crippen molar-refractivity contribution in [2.24, 2.45) is 5.10 Å².